The van der Waals surface area contributed by atoms with Gasteiger partial charge in [-0.25, -0.2) is 0 Å². The second kappa shape index (κ2) is 6.57. The number of rotatable bonds is 2. The van der Waals surface area contributed by atoms with E-state index in [1.165, 1.54) is 28.6 Å². The van der Waals surface area contributed by atoms with Gasteiger partial charge in [-0.15, -0.1) is 0 Å². The van der Waals surface area contributed by atoms with Crippen molar-refractivity contribution in [2.24, 2.45) is 0 Å². The van der Waals surface area contributed by atoms with Gasteiger partial charge in [-0.2, -0.15) is 0 Å². The monoisotopic (exact) mass is 377 g/mol. The number of thiocarbonyl (C=S) groups is 1. The molecule has 1 aliphatic carbocycles. The first kappa shape index (κ1) is 16.6. The predicted octanol–water partition coefficient (Wildman–Crippen LogP) is 4.74. The van der Waals surface area contributed by atoms with Gasteiger partial charge in [0.05, 0.1) is 13.2 Å². The highest BCUT2D eigenvalue weighted by molar-refractivity contribution is 7.80. The molecule has 2 heterocycles. The highest BCUT2D eigenvalue weighted by Crippen LogP contribution is 2.43. The first-order valence-electron chi connectivity index (χ1n) is 9.58. The molecular formula is C22H23N3OS. The molecule has 1 atom stereocenters. The van der Waals surface area contributed by atoms with Crippen molar-refractivity contribution in [3.8, 4) is 5.75 Å². The summed E-state index contributed by atoms with van der Waals surface area (Å²) in [7, 11) is 1.74. The van der Waals surface area contributed by atoms with Gasteiger partial charge in [0.2, 0.25) is 0 Å². The van der Waals surface area contributed by atoms with Crippen LogP contribution < -0.4 is 10.1 Å². The van der Waals surface area contributed by atoms with Crippen molar-refractivity contribution in [2.45, 2.75) is 31.8 Å². The molecule has 4 nitrogen and oxygen atoms in total. The topological polar surface area (TPSA) is 29.4 Å². The van der Waals surface area contributed by atoms with E-state index in [0.717, 1.165) is 42.5 Å². The van der Waals surface area contributed by atoms with Gasteiger partial charge in [0, 0.05) is 35.4 Å². The van der Waals surface area contributed by atoms with Crippen molar-refractivity contribution in [2.75, 3.05) is 19.0 Å². The molecule has 1 aliphatic heterocycles. The van der Waals surface area contributed by atoms with Gasteiger partial charge in [0.15, 0.2) is 5.11 Å². The normalized spacial score (nSPS) is 18.3. The SMILES string of the molecule is COc1ccc2c(c1)c1c3n2CCN(C(=S)Nc2ccccc2)[C@@H]3CCC1. The second-order valence-corrected chi connectivity index (χ2v) is 7.68. The van der Waals surface area contributed by atoms with Crippen molar-refractivity contribution in [3.63, 3.8) is 0 Å². The molecule has 3 aromatic rings. The van der Waals surface area contributed by atoms with E-state index >= 15 is 0 Å². The van der Waals surface area contributed by atoms with E-state index < -0.39 is 0 Å². The van der Waals surface area contributed by atoms with Crippen LogP contribution in [0.4, 0.5) is 5.69 Å². The van der Waals surface area contributed by atoms with E-state index in [2.05, 4.69) is 45.1 Å². The summed E-state index contributed by atoms with van der Waals surface area (Å²) in [5.41, 5.74) is 5.31. The van der Waals surface area contributed by atoms with E-state index in [1.54, 1.807) is 7.11 Å². The van der Waals surface area contributed by atoms with Crippen molar-refractivity contribution < 1.29 is 4.74 Å². The molecule has 2 aromatic carbocycles. The molecule has 0 amide bonds. The second-order valence-electron chi connectivity index (χ2n) is 7.30. The summed E-state index contributed by atoms with van der Waals surface area (Å²) in [6, 6.07) is 17.0. The van der Waals surface area contributed by atoms with Crippen molar-refractivity contribution in [1.29, 1.82) is 0 Å². The van der Waals surface area contributed by atoms with Crippen LogP contribution in [0.1, 0.15) is 30.1 Å². The van der Waals surface area contributed by atoms with Crippen LogP contribution in [0.5, 0.6) is 5.75 Å². The lowest BCUT2D eigenvalue weighted by molar-refractivity contribution is 0.235. The van der Waals surface area contributed by atoms with Gasteiger partial charge < -0.3 is 19.5 Å². The summed E-state index contributed by atoms with van der Waals surface area (Å²) < 4.78 is 7.98. The Morgan fingerprint density at radius 3 is 2.81 bits per heavy atom. The number of fused-ring (bicyclic) bond motifs is 3. The Balaban J connectivity index is 1.53. The molecule has 1 aromatic heterocycles. The molecule has 0 spiro atoms. The van der Waals surface area contributed by atoms with Crippen LogP contribution >= 0.6 is 12.2 Å². The fourth-order valence-corrected chi connectivity index (χ4v) is 5.01. The third-order valence-corrected chi connectivity index (χ3v) is 6.20. The third-order valence-electron chi connectivity index (χ3n) is 5.87. The van der Waals surface area contributed by atoms with Gasteiger partial charge in [0.25, 0.3) is 0 Å². The zero-order valence-corrected chi connectivity index (χ0v) is 16.3. The molecule has 27 heavy (non-hydrogen) atoms. The summed E-state index contributed by atoms with van der Waals surface area (Å²) >= 11 is 5.80. The number of nitrogens with zero attached hydrogens (tertiary/aromatic N) is 2. The van der Waals surface area contributed by atoms with Crippen LogP contribution in [0, 0.1) is 0 Å². The number of hydrogen-bond acceptors (Lipinski definition) is 2. The van der Waals surface area contributed by atoms with E-state index in [1.807, 2.05) is 18.2 Å². The van der Waals surface area contributed by atoms with Gasteiger partial charge in [-0.1, -0.05) is 18.2 Å². The largest absolute Gasteiger partial charge is 0.497 e. The Hall–Kier alpha value is -2.53. The Morgan fingerprint density at radius 2 is 2.00 bits per heavy atom. The number of hydrogen-bond donors (Lipinski definition) is 1. The minimum Gasteiger partial charge on any atom is -0.497 e. The lowest BCUT2D eigenvalue weighted by atomic mass is 9.90. The summed E-state index contributed by atoms with van der Waals surface area (Å²) in [6.45, 7) is 1.90. The average molecular weight is 378 g/mol. The maximum atomic E-state index is 5.80. The predicted molar refractivity (Wildman–Crippen MR) is 114 cm³/mol. The van der Waals surface area contributed by atoms with Crippen LogP contribution in [0.2, 0.25) is 0 Å². The van der Waals surface area contributed by atoms with Crippen LogP contribution in [0.25, 0.3) is 10.9 Å². The molecule has 0 saturated heterocycles. The van der Waals surface area contributed by atoms with Crippen molar-refractivity contribution >= 4 is 33.9 Å². The summed E-state index contributed by atoms with van der Waals surface area (Å²) in [5.74, 6) is 0.932. The highest BCUT2D eigenvalue weighted by Gasteiger charge is 2.35. The summed E-state index contributed by atoms with van der Waals surface area (Å²) in [4.78, 5) is 2.39. The summed E-state index contributed by atoms with van der Waals surface area (Å²) in [6.07, 6.45) is 3.48. The Labute approximate surface area is 164 Å². The van der Waals surface area contributed by atoms with E-state index in [9.17, 15) is 0 Å². The first-order chi connectivity index (χ1) is 13.3. The summed E-state index contributed by atoms with van der Waals surface area (Å²) in [5, 5.41) is 5.60. The van der Waals surface area contributed by atoms with Gasteiger partial charge >= 0.3 is 0 Å². The standard InChI is InChI=1S/C22H23N3OS/c1-26-16-10-11-19-18(14-16)17-8-5-9-20-21(17)24(19)12-13-25(20)22(27)23-15-6-3-2-4-7-15/h2-4,6-7,10-11,14,20H,5,8-9,12-13H2,1H3,(H,23,27)/t20-/m1/s1. The molecular weight excluding hydrogens is 354 g/mol. The zero-order chi connectivity index (χ0) is 18.4. The van der Waals surface area contributed by atoms with Gasteiger partial charge in [-0.05, 0) is 67.4 Å². The molecule has 0 unspecified atom stereocenters. The number of aryl methyl sites for hydroxylation is 1. The van der Waals surface area contributed by atoms with Crippen LogP contribution in [0.15, 0.2) is 48.5 Å². The van der Waals surface area contributed by atoms with Crippen LogP contribution in [-0.4, -0.2) is 28.2 Å². The van der Waals surface area contributed by atoms with Gasteiger partial charge in [-0.3, -0.25) is 0 Å². The molecule has 0 saturated carbocycles. The van der Waals surface area contributed by atoms with E-state index in [0.29, 0.717) is 6.04 Å². The minimum atomic E-state index is 0.351. The van der Waals surface area contributed by atoms with Crippen molar-refractivity contribution in [1.82, 2.24) is 9.47 Å². The number of anilines is 1. The maximum absolute atomic E-state index is 5.80. The average Bonchev–Trinajstić information content (AvgIpc) is 3.04. The number of para-hydroxylation sites is 1. The fraction of sp³-hybridized carbons (Fsp3) is 0.318. The molecule has 5 rings (SSSR count). The Bertz CT molecular complexity index is 1010. The molecule has 0 radical (unpaired) electrons. The Kier molecular flexibility index (Phi) is 4.05. The maximum Gasteiger partial charge on any atom is 0.174 e. The van der Waals surface area contributed by atoms with E-state index in [-0.39, 0.29) is 0 Å². The third kappa shape index (κ3) is 2.69. The molecule has 5 heteroatoms. The van der Waals surface area contributed by atoms with Crippen LogP contribution in [-0.2, 0) is 13.0 Å². The molecule has 0 bridgehead atoms. The number of nitrogens with one attached hydrogen (secondary N) is 1. The minimum absolute atomic E-state index is 0.351. The molecule has 2 aliphatic rings. The highest BCUT2D eigenvalue weighted by atomic mass is 32.1. The number of aromatic nitrogens is 1. The molecule has 1 N–H and O–H groups in total. The lowest BCUT2D eigenvalue weighted by Crippen LogP contribution is -2.45. The zero-order valence-electron chi connectivity index (χ0n) is 15.4. The van der Waals surface area contributed by atoms with Crippen molar-refractivity contribution in [3.05, 3.63) is 59.8 Å². The number of methoxy groups -OCH3 is 1. The van der Waals surface area contributed by atoms with Gasteiger partial charge in [0.1, 0.15) is 5.75 Å². The smallest absolute Gasteiger partial charge is 0.174 e. The quantitative estimate of drug-likeness (QED) is 0.653. The first-order valence-corrected chi connectivity index (χ1v) is 9.99. The van der Waals surface area contributed by atoms with E-state index in [4.69, 9.17) is 17.0 Å². The molecule has 0 fully saturated rings. The fourth-order valence-electron chi connectivity index (χ4n) is 4.67. The number of benzene rings is 2. The molecule has 138 valence electrons. The number of ether oxygens (including phenoxy) is 1. The lowest BCUT2D eigenvalue weighted by Gasteiger charge is -2.41. The van der Waals surface area contributed by atoms with Crippen LogP contribution in [0.3, 0.4) is 0 Å². The Morgan fingerprint density at radius 1 is 1.15 bits per heavy atom.